The van der Waals surface area contributed by atoms with E-state index in [1.54, 1.807) is 20.8 Å². The topological polar surface area (TPSA) is 80.3 Å². The Morgan fingerprint density at radius 1 is 1.23 bits per heavy atom. The van der Waals surface area contributed by atoms with Crippen LogP contribution >= 0.6 is 11.8 Å². The van der Waals surface area contributed by atoms with E-state index in [2.05, 4.69) is 33.9 Å². The van der Waals surface area contributed by atoms with Gasteiger partial charge in [0.25, 0.3) is 0 Å². The SMILES string of the molecule is CCOC(=O)CC1=C([C@H](CO[Si](C)(C)C(C)(C)C)SC(C)=O)O[C@@H]2OC(C)(C)O[C@H]12. The van der Waals surface area contributed by atoms with Crippen molar-refractivity contribution in [1.29, 1.82) is 0 Å². The molecule has 0 radical (unpaired) electrons. The minimum absolute atomic E-state index is 0.0266. The quantitative estimate of drug-likeness (QED) is 0.390. The zero-order chi connectivity index (χ0) is 22.9. The molecule has 1 saturated heterocycles. The number of hydrogen-bond acceptors (Lipinski definition) is 8. The average molecular weight is 461 g/mol. The Balaban J connectivity index is 2.34. The summed E-state index contributed by atoms with van der Waals surface area (Å²) in [5.74, 6) is -0.645. The minimum Gasteiger partial charge on any atom is -0.466 e. The summed E-state index contributed by atoms with van der Waals surface area (Å²) in [4.78, 5) is 24.3. The van der Waals surface area contributed by atoms with E-state index in [-0.39, 0.29) is 27.8 Å². The zero-order valence-corrected chi connectivity index (χ0v) is 21.4. The van der Waals surface area contributed by atoms with Crippen LogP contribution in [0.4, 0.5) is 0 Å². The minimum atomic E-state index is -2.04. The van der Waals surface area contributed by atoms with Gasteiger partial charge in [0.05, 0.1) is 24.9 Å². The monoisotopic (exact) mass is 460 g/mol. The van der Waals surface area contributed by atoms with Crippen molar-refractivity contribution in [2.75, 3.05) is 13.2 Å². The molecule has 30 heavy (non-hydrogen) atoms. The van der Waals surface area contributed by atoms with Gasteiger partial charge in [-0.05, 0) is 38.9 Å². The molecule has 9 heteroatoms. The summed E-state index contributed by atoms with van der Waals surface area (Å²) in [6.45, 7) is 18.3. The molecule has 2 aliphatic heterocycles. The third-order valence-corrected chi connectivity index (χ3v) is 11.1. The zero-order valence-electron chi connectivity index (χ0n) is 19.6. The summed E-state index contributed by atoms with van der Waals surface area (Å²) >= 11 is 1.14. The number of esters is 1. The predicted molar refractivity (Wildman–Crippen MR) is 118 cm³/mol. The standard InChI is InChI=1S/C21H36O7SSi/c1-10-24-16(23)11-14-17(26-19-18(14)27-21(6,7)28-19)15(29-13(2)22)12-25-30(8,9)20(3,4)5/h15,18-19H,10-12H2,1-9H3/t15-,18+,19+/m0/s1. The van der Waals surface area contributed by atoms with Crippen LogP contribution in [0.3, 0.4) is 0 Å². The molecule has 0 aromatic rings. The number of carbonyl (C=O) groups excluding carboxylic acids is 2. The molecule has 0 N–H and O–H groups in total. The number of ether oxygens (including phenoxy) is 4. The van der Waals surface area contributed by atoms with Crippen LogP contribution in [0.2, 0.25) is 18.1 Å². The fourth-order valence-corrected chi connectivity index (χ4v) is 5.08. The van der Waals surface area contributed by atoms with Crippen LogP contribution in [0, 0.1) is 0 Å². The molecule has 0 bridgehead atoms. The third kappa shape index (κ3) is 6.09. The van der Waals surface area contributed by atoms with E-state index in [1.165, 1.54) is 6.92 Å². The van der Waals surface area contributed by atoms with Crippen molar-refractivity contribution in [3.63, 3.8) is 0 Å². The summed E-state index contributed by atoms with van der Waals surface area (Å²) < 4.78 is 29.5. The predicted octanol–water partition coefficient (Wildman–Crippen LogP) is 4.37. The first-order valence-corrected chi connectivity index (χ1v) is 14.2. The summed E-state index contributed by atoms with van der Waals surface area (Å²) in [5, 5.41) is -0.407. The van der Waals surface area contributed by atoms with Gasteiger partial charge in [0.15, 0.2) is 19.2 Å². The highest BCUT2D eigenvalue weighted by atomic mass is 32.2. The van der Waals surface area contributed by atoms with E-state index in [0.29, 0.717) is 24.5 Å². The van der Waals surface area contributed by atoms with Crippen LogP contribution in [-0.4, -0.2) is 56.0 Å². The van der Waals surface area contributed by atoms with Crippen molar-refractivity contribution in [1.82, 2.24) is 0 Å². The lowest BCUT2D eigenvalue weighted by molar-refractivity contribution is -0.182. The first-order chi connectivity index (χ1) is 13.7. The lowest BCUT2D eigenvalue weighted by Crippen LogP contribution is -2.42. The van der Waals surface area contributed by atoms with Crippen molar-refractivity contribution in [3.8, 4) is 0 Å². The van der Waals surface area contributed by atoms with Gasteiger partial charge in [-0.15, -0.1) is 0 Å². The van der Waals surface area contributed by atoms with E-state index in [0.717, 1.165) is 11.8 Å². The maximum atomic E-state index is 12.3. The van der Waals surface area contributed by atoms with E-state index < -0.39 is 26.5 Å². The fourth-order valence-electron chi connectivity index (χ4n) is 3.09. The van der Waals surface area contributed by atoms with Crippen LogP contribution in [0.1, 0.15) is 54.9 Å². The fraction of sp³-hybridized carbons (Fsp3) is 0.810. The molecule has 0 saturated carbocycles. The molecule has 0 aromatic carbocycles. The van der Waals surface area contributed by atoms with Gasteiger partial charge in [-0.2, -0.15) is 0 Å². The normalized spacial score (nSPS) is 24.4. The third-order valence-electron chi connectivity index (χ3n) is 5.60. The molecule has 0 aliphatic carbocycles. The van der Waals surface area contributed by atoms with Crippen molar-refractivity contribution >= 4 is 31.2 Å². The molecular formula is C21H36O7SSi. The second-order valence-electron chi connectivity index (χ2n) is 9.58. The molecule has 172 valence electrons. The smallest absolute Gasteiger partial charge is 0.310 e. The van der Waals surface area contributed by atoms with Crippen LogP contribution < -0.4 is 0 Å². The van der Waals surface area contributed by atoms with E-state index in [4.69, 9.17) is 23.4 Å². The van der Waals surface area contributed by atoms with Crippen LogP contribution in [-0.2, 0) is 33.0 Å². The Kier molecular flexibility index (Phi) is 7.89. The number of thioether (sulfide) groups is 1. The van der Waals surface area contributed by atoms with Crippen molar-refractivity contribution in [2.24, 2.45) is 0 Å². The summed E-state index contributed by atoms with van der Waals surface area (Å²) in [7, 11) is -2.04. The molecule has 1 fully saturated rings. The second kappa shape index (κ2) is 9.32. The summed E-state index contributed by atoms with van der Waals surface area (Å²) in [6, 6.07) is 0. The first kappa shape index (κ1) is 25.4. The van der Waals surface area contributed by atoms with E-state index in [1.807, 2.05) is 0 Å². The highest BCUT2D eigenvalue weighted by Crippen LogP contribution is 2.45. The van der Waals surface area contributed by atoms with Crippen LogP contribution in [0.25, 0.3) is 0 Å². The Morgan fingerprint density at radius 3 is 2.40 bits per heavy atom. The van der Waals surface area contributed by atoms with Gasteiger partial charge >= 0.3 is 5.97 Å². The highest BCUT2D eigenvalue weighted by molar-refractivity contribution is 8.14. The number of carbonyl (C=O) groups is 2. The molecule has 3 atom stereocenters. The van der Waals surface area contributed by atoms with Crippen molar-refractivity contribution in [3.05, 3.63) is 11.3 Å². The second-order valence-corrected chi connectivity index (χ2v) is 15.8. The molecular weight excluding hydrogens is 424 g/mol. The molecule has 7 nitrogen and oxygen atoms in total. The Hall–Kier alpha value is -0.873. The van der Waals surface area contributed by atoms with Crippen molar-refractivity contribution in [2.45, 2.75) is 96.5 Å². The molecule has 2 heterocycles. The Labute approximate surface area is 185 Å². The van der Waals surface area contributed by atoms with E-state index >= 15 is 0 Å². The lowest BCUT2D eigenvalue weighted by atomic mass is 10.1. The molecule has 0 unspecified atom stereocenters. The van der Waals surface area contributed by atoms with Gasteiger partial charge < -0.3 is 23.4 Å². The maximum Gasteiger partial charge on any atom is 0.310 e. The first-order valence-electron chi connectivity index (χ1n) is 10.4. The molecule has 0 amide bonds. The lowest BCUT2D eigenvalue weighted by Gasteiger charge is -2.37. The number of hydrogen-bond donors (Lipinski definition) is 0. The maximum absolute atomic E-state index is 12.3. The summed E-state index contributed by atoms with van der Waals surface area (Å²) in [5.41, 5.74) is 0.668. The molecule has 0 spiro atoms. The van der Waals surface area contributed by atoms with Crippen LogP contribution in [0.15, 0.2) is 11.3 Å². The van der Waals surface area contributed by atoms with Gasteiger partial charge in [0.2, 0.25) is 6.29 Å². The van der Waals surface area contributed by atoms with E-state index in [9.17, 15) is 9.59 Å². The highest BCUT2D eigenvalue weighted by Gasteiger charge is 2.52. The largest absolute Gasteiger partial charge is 0.466 e. The van der Waals surface area contributed by atoms with Gasteiger partial charge in [-0.3, -0.25) is 9.59 Å². The molecule has 2 aliphatic rings. The number of fused-ring (bicyclic) bond motifs is 1. The molecule has 2 rings (SSSR count). The van der Waals surface area contributed by atoms with Gasteiger partial charge in [0, 0.05) is 12.5 Å². The Bertz CT molecular complexity index is 696. The molecule has 0 aromatic heterocycles. The van der Waals surface area contributed by atoms with Crippen LogP contribution in [0.5, 0.6) is 0 Å². The van der Waals surface area contributed by atoms with Gasteiger partial charge in [-0.25, -0.2) is 0 Å². The summed E-state index contributed by atoms with van der Waals surface area (Å²) in [6.07, 6.45) is -1.14. The van der Waals surface area contributed by atoms with Gasteiger partial charge in [0.1, 0.15) is 11.9 Å². The van der Waals surface area contributed by atoms with Gasteiger partial charge in [-0.1, -0.05) is 32.5 Å². The van der Waals surface area contributed by atoms with Crippen molar-refractivity contribution < 1.29 is 33.0 Å². The average Bonchev–Trinajstić information content (AvgIpc) is 3.03. The number of rotatable bonds is 8. The Morgan fingerprint density at radius 2 is 1.87 bits per heavy atom.